The fourth-order valence-corrected chi connectivity index (χ4v) is 2.25. The molecule has 0 saturated heterocycles. The van der Waals surface area contributed by atoms with Crippen LogP contribution in [-0.4, -0.2) is 20.5 Å². The van der Waals surface area contributed by atoms with E-state index in [1.165, 1.54) is 6.07 Å². The van der Waals surface area contributed by atoms with Gasteiger partial charge in [-0.05, 0) is 24.3 Å². The van der Waals surface area contributed by atoms with Crippen molar-refractivity contribution in [3.05, 3.63) is 36.5 Å². The van der Waals surface area contributed by atoms with Crippen LogP contribution in [0.2, 0.25) is 0 Å². The first-order valence-electron chi connectivity index (χ1n) is 4.29. The number of nitrogens with zero attached hydrogens (tertiary/aromatic N) is 1. The minimum Gasteiger partial charge on any atom is -0.270 e. The molecule has 0 fully saturated rings. The zero-order chi connectivity index (χ0) is 10.9. The monoisotopic (exact) mass is 223 g/mol. The van der Waals surface area contributed by atoms with E-state index in [0.717, 1.165) is 7.11 Å². The Hall–Kier alpha value is -1.46. The van der Waals surface area contributed by atoms with Crippen LogP contribution in [0, 0.1) is 0 Å². The van der Waals surface area contributed by atoms with Gasteiger partial charge in [-0.1, -0.05) is 6.07 Å². The highest BCUT2D eigenvalue weighted by atomic mass is 32.2. The number of pyridine rings is 1. The third kappa shape index (κ3) is 1.71. The lowest BCUT2D eigenvalue weighted by molar-refractivity contribution is 0.398. The fourth-order valence-electron chi connectivity index (χ4n) is 1.38. The second kappa shape index (κ2) is 3.60. The van der Waals surface area contributed by atoms with Crippen molar-refractivity contribution in [1.82, 2.24) is 4.98 Å². The maximum absolute atomic E-state index is 11.6. The molecule has 0 bridgehead atoms. The van der Waals surface area contributed by atoms with E-state index in [1.54, 1.807) is 30.5 Å². The lowest BCUT2D eigenvalue weighted by Crippen LogP contribution is -2.03. The van der Waals surface area contributed by atoms with Crippen LogP contribution in [0.15, 0.2) is 41.4 Å². The molecule has 5 heteroatoms. The van der Waals surface area contributed by atoms with Gasteiger partial charge in [-0.3, -0.25) is 9.17 Å². The van der Waals surface area contributed by atoms with Crippen LogP contribution in [0.1, 0.15) is 0 Å². The van der Waals surface area contributed by atoms with E-state index in [0.29, 0.717) is 10.9 Å². The van der Waals surface area contributed by atoms with Crippen LogP contribution in [0.25, 0.3) is 10.9 Å². The summed E-state index contributed by atoms with van der Waals surface area (Å²) >= 11 is 0. The Morgan fingerprint density at radius 1 is 1.20 bits per heavy atom. The molecule has 2 rings (SSSR count). The average molecular weight is 223 g/mol. The molecule has 0 N–H and O–H groups in total. The highest BCUT2D eigenvalue weighted by Gasteiger charge is 2.16. The van der Waals surface area contributed by atoms with Crippen molar-refractivity contribution >= 4 is 21.0 Å². The van der Waals surface area contributed by atoms with Crippen molar-refractivity contribution in [3.63, 3.8) is 0 Å². The minimum atomic E-state index is -3.66. The molecule has 0 amide bonds. The molecule has 1 heterocycles. The SMILES string of the molecule is COS(=O)(=O)c1cccc2ncccc12. The van der Waals surface area contributed by atoms with Gasteiger partial charge in [-0.15, -0.1) is 0 Å². The van der Waals surface area contributed by atoms with E-state index in [-0.39, 0.29) is 4.90 Å². The maximum atomic E-state index is 11.6. The largest absolute Gasteiger partial charge is 0.297 e. The predicted octanol–water partition coefficient (Wildman–Crippen LogP) is 1.57. The first kappa shape index (κ1) is 10.1. The van der Waals surface area contributed by atoms with Crippen LogP contribution in [0.5, 0.6) is 0 Å². The zero-order valence-electron chi connectivity index (χ0n) is 8.04. The van der Waals surface area contributed by atoms with Crippen molar-refractivity contribution in [2.75, 3.05) is 7.11 Å². The van der Waals surface area contributed by atoms with Gasteiger partial charge in [0.25, 0.3) is 10.1 Å². The molecule has 0 aliphatic rings. The van der Waals surface area contributed by atoms with Gasteiger partial charge in [0, 0.05) is 11.6 Å². The Kier molecular flexibility index (Phi) is 2.42. The first-order valence-corrected chi connectivity index (χ1v) is 5.70. The molecular formula is C10H9NO3S. The summed E-state index contributed by atoms with van der Waals surface area (Å²) < 4.78 is 27.6. The van der Waals surface area contributed by atoms with Crippen LogP contribution in [-0.2, 0) is 14.3 Å². The van der Waals surface area contributed by atoms with E-state index >= 15 is 0 Å². The second-order valence-corrected chi connectivity index (χ2v) is 4.63. The van der Waals surface area contributed by atoms with Crippen molar-refractivity contribution in [2.45, 2.75) is 4.90 Å². The van der Waals surface area contributed by atoms with Gasteiger partial charge in [-0.25, -0.2) is 0 Å². The molecule has 0 spiro atoms. The van der Waals surface area contributed by atoms with Gasteiger partial charge >= 0.3 is 0 Å². The van der Waals surface area contributed by atoms with Gasteiger partial charge < -0.3 is 0 Å². The Morgan fingerprint density at radius 3 is 2.73 bits per heavy atom. The third-order valence-corrected chi connectivity index (χ3v) is 3.43. The van der Waals surface area contributed by atoms with Crippen molar-refractivity contribution < 1.29 is 12.6 Å². The number of hydrogen-bond acceptors (Lipinski definition) is 4. The lowest BCUT2D eigenvalue weighted by atomic mass is 10.2. The van der Waals surface area contributed by atoms with Crippen LogP contribution < -0.4 is 0 Å². The Balaban J connectivity index is 2.83. The normalized spacial score (nSPS) is 11.8. The van der Waals surface area contributed by atoms with E-state index < -0.39 is 10.1 Å². The zero-order valence-corrected chi connectivity index (χ0v) is 8.86. The molecule has 1 aromatic heterocycles. The molecule has 78 valence electrons. The molecule has 0 unspecified atom stereocenters. The highest BCUT2D eigenvalue weighted by molar-refractivity contribution is 7.87. The predicted molar refractivity (Wildman–Crippen MR) is 55.9 cm³/mol. The van der Waals surface area contributed by atoms with Crippen molar-refractivity contribution in [3.8, 4) is 0 Å². The van der Waals surface area contributed by atoms with Crippen molar-refractivity contribution in [2.24, 2.45) is 0 Å². The molecule has 0 radical (unpaired) electrons. The maximum Gasteiger partial charge on any atom is 0.297 e. The van der Waals surface area contributed by atoms with Gasteiger partial charge in [0.1, 0.15) is 4.90 Å². The number of fused-ring (bicyclic) bond motifs is 1. The van der Waals surface area contributed by atoms with Gasteiger partial charge in [0.2, 0.25) is 0 Å². The molecule has 4 nitrogen and oxygen atoms in total. The number of rotatable bonds is 2. The van der Waals surface area contributed by atoms with Gasteiger partial charge in [-0.2, -0.15) is 8.42 Å². The van der Waals surface area contributed by atoms with Crippen LogP contribution >= 0.6 is 0 Å². The summed E-state index contributed by atoms with van der Waals surface area (Å²) in [5.74, 6) is 0. The van der Waals surface area contributed by atoms with Gasteiger partial charge in [0.05, 0.1) is 12.6 Å². The lowest BCUT2D eigenvalue weighted by Gasteiger charge is -2.04. The molecule has 0 saturated carbocycles. The smallest absolute Gasteiger partial charge is 0.270 e. The van der Waals surface area contributed by atoms with Crippen LogP contribution in [0.4, 0.5) is 0 Å². The number of hydrogen-bond donors (Lipinski definition) is 0. The summed E-state index contributed by atoms with van der Waals surface area (Å²) in [4.78, 5) is 4.22. The molecule has 0 aliphatic carbocycles. The summed E-state index contributed by atoms with van der Waals surface area (Å²) in [5.41, 5.74) is 0.635. The summed E-state index contributed by atoms with van der Waals surface area (Å²) in [6.07, 6.45) is 1.62. The molecule has 2 aromatic rings. The summed E-state index contributed by atoms with van der Waals surface area (Å²) in [7, 11) is -2.52. The van der Waals surface area contributed by atoms with E-state index in [2.05, 4.69) is 9.17 Å². The third-order valence-electron chi connectivity index (χ3n) is 2.09. The number of aromatic nitrogens is 1. The first-order chi connectivity index (χ1) is 7.15. The molecule has 1 aromatic carbocycles. The van der Waals surface area contributed by atoms with Crippen LogP contribution in [0.3, 0.4) is 0 Å². The highest BCUT2D eigenvalue weighted by Crippen LogP contribution is 2.22. The van der Waals surface area contributed by atoms with E-state index in [4.69, 9.17) is 0 Å². The van der Waals surface area contributed by atoms with Crippen molar-refractivity contribution in [1.29, 1.82) is 0 Å². The standard InChI is InChI=1S/C10H9NO3S/c1-14-15(12,13)10-6-2-5-9-8(10)4-3-7-11-9/h2-7H,1H3. The Bertz CT molecular complexity index is 587. The number of benzene rings is 1. The summed E-state index contributed by atoms with van der Waals surface area (Å²) in [5, 5.41) is 0.571. The van der Waals surface area contributed by atoms with E-state index in [9.17, 15) is 8.42 Å². The second-order valence-electron chi connectivity index (χ2n) is 2.95. The summed E-state index contributed by atoms with van der Waals surface area (Å²) in [6, 6.07) is 8.29. The Morgan fingerprint density at radius 2 is 2.00 bits per heavy atom. The molecule has 0 atom stereocenters. The molecular weight excluding hydrogens is 214 g/mol. The summed E-state index contributed by atoms with van der Waals surface area (Å²) in [6.45, 7) is 0. The van der Waals surface area contributed by atoms with E-state index in [1.807, 2.05) is 0 Å². The average Bonchev–Trinajstić information content (AvgIpc) is 2.28. The topological polar surface area (TPSA) is 56.3 Å². The van der Waals surface area contributed by atoms with Gasteiger partial charge in [0.15, 0.2) is 0 Å². The molecule has 15 heavy (non-hydrogen) atoms. The minimum absolute atomic E-state index is 0.149. The Labute approximate surface area is 87.6 Å². The quantitative estimate of drug-likeness (QED) is 0.725. The molecule has 0 aliphatic heterocycles. The fraction of sp³-hybridized carbons (Fsp3) is 0.100.